The van der Waals surface area contributed by atoms with Gasteiger partial charge in [-0.25, -0.2) is 0 Å². The fourth-order valence-electron chi connectivity index (χ4n) is 0.478. The summed E-state index contributed by atoms with van der Waals surface area (Å²) in [5.74, 6) is 0. The van der Waals surface area contributed by atoms with Crippen molar-refractivity contribution in [3.63, 3.8) is 0 Å². The van der Waals surface area contributed by atoms with Crippen LogP contribution in [0.3, 0.4) is 0 Å². The Hall–Kier alpha value is 0.323. The van der Waals surface area contributed by atoms with E-state index < -0.39 is 0 Å². The molecule has 1 rings (SSSR count). The van der Waals surface area contributed by atoms with E-state index in [0.29, 0.717) is 0 Å². The van der Waals surface area contributed by atoms with Gasteiger partial charge in [0.25, 0.3) is 0 Å². The Morgan fingerprint density at radius 2 is 1.50 bits per heavy atom. The van der Waals surface area contributed by atoms with Crippen LogP contribution in [0.1, 0.15) is 0 Å². The summed E-state index contributed by atoms with van der Waals surface area (Å²) in [6.07, 6.45) is 0. The van der Waals surface area contributed by atoms with E-state index in [9.17, 15) is 0 Å². The molecular formula is C6H6BrZn. The van der Waals surface area contributed by atoms with Crippen molar-refractivity contribution in [3.05, 3.63) is 30.3 Å². The summed E-state index contributed by atoms with van der Waals surface area (Å²) in [5.41, 5.74) is 0. The maximum absolute atomic E-state index is 2.14. The van der Waals surface area contributed by atoms with Crippen LogP contribution in [0, 0.1) is 0 Å². The molecule has 0 atom stereocenters. The molecule has 0 nitrogen and oxygen atoms in total. The monoisotopic (exact) mass is 221 g/mol. The minimum absolute atomic E-state index is 0. The normalized spacial score (nSPS) is 7.75. The van der Waals surface area contributed by atoms with E-state index >= 15 is 0 Å². The quantitative estimate of drug-likeness (QED) is 0.584. The Labute approximate surface area is 69.7 Å². The first-order valence-electron chi connectivity index (χ1n) is 2.26. The Morgan fingerprint density at radius 3 is 1.75 bits per heavy atom. The molecule has 2 heteroatoms. The van der Waals surface area contributed by atoms with Gasteiger partial charge < -0.3 is 0 Å². The molecule has 0 unspecified atom stereocenters. The molecule has 39 valence electrons. The molecule has 0 aliphatic heterocycles. The molecule has 0 amide bonds. The van der Waals surface area contributed by atoms with Gasteiger partial charge in [0.1, 0.15) is 0 Å². The number of hydrogen-bond acceptors (Lipinski definition) is 0. The van der Waals surface area contributed by atoms with E-state index in [2.05, 4.69) is 24.3 Å². The molecule has 0 aromatic heterocycles. The van der Waals surface area contributed by atoms with Crippen molar-refractivity contribution in [3.8, 4) is 0 Å². The molecule has 0 radical (unpaired) electrons. The third-order valence-corrected chi connectivity index (χ3v) is 1.83. The van der Waals surface area contributed by atoms with Crippen LogP contribution >= 0.6 is 17.0 Å². The average Bonchev–Trinajstić information content (AvgIpc) is 1.69. The number of rotatable bonds is 0. The molecule has 0 N–H and O–H groups in total. The van der Waals surface area contributed by atoms with Gasteiger partial charge in [-0.2, -0.15) is 0 Å². The van der Waals surface area contributed by atoms with Crippen molar-refractivity contribution < 1.29 is 18.3 Å². The number of hydrogen-bond donors (Lipinski definition) is 0. The Balaban J connectivity index is 0.000000490. The van der Waals surface area contributed by atoms with Gasteiger partial charge in [0, 0.05) is 0 Å². The van der Waals surface area contributed by atoms with E-state index in [4.69, 9.17) is 0 Å². The molecular weight excluding hydrogens is 217 g/mol. The minimum atomic E-state index is 0. The Morgan fingerprint density at radius 1 is 1.00 bits per heavy atom. The summed E-state index contributed by atoms with van der Waals surface area (Å²) in [4.78, 5) is 0. The standard InChI is InChI=1S/C6H5.BrH.Zn/c1-2-4-6-5-3-1;;/h1-5H;1H;. The van der Waals surface area contributed by atoms with Gasteiger partial charge in [-0.15, -0.1) is 17.0 Å². The molecule has 8 heavy (non-hydrogen) atoms. The van der Waals surface area contributed by atoms with Gasteiger partial charge in [0.15, 0.2) is 0 Å². The van der Waals surface area contributed by atoms with E-state index in [1.807, 2.05) is 6.07 Å². The van der Waals surface area contributed by atoms with Crippen LogP contribution < -0.4 is 4.16 Å². The summed E-state index contributed by atoms with van der Waals surface area (Å²) < 4.78 is 1.45. The molecule has 0 aliphatic carbocycles. The fraction of sp³-hybridized carbons (Fsp3) is 0. The summed E-state index contributed by atoms with van der Waals surface area (Å²) in [6.45, 7) is 0. The van der Waals surface area contributed by atoms with Crippen molar-refractivity contribution in [2.75, 3.05) is 0 Å². The maximum atomic E-state index is 2.14. The van der Waals surface area contributed by atoms with Crippen molar-refractivity contribution >= 4 is 21.1 Å². The van der Waals surface area contributed by atoms with Crippen LogP contribution in [0.25, 0.3) is 0 Å². The number of benzene rings is 1. The summed E-state index contributed by atoms with van der Waals surface area (Å²) in [5, 5.41) is 0. The van der Waals surface area contributed by atoms with Crippen molar-refractivity contribution in [1.82, 2.24) is 0 Å². The van der Waals surface area contributed by atoms with Crippen molar-refractivity contribution in [2.45, 2.75) is 0 Å². The zero-order chi connectivity index (χ0) is 5.11. The zero-order valence-corrected chi connectivity index (χ0v) is 9.18. The van der Waals surface area contributed by atoms with E-state index in [0.717, 1.165) is 0 Å². The van der Waals surface area contributed by atoms with Gasteiger partial charge in [0.05, 0.1) is 0 Å². The second-order valence-corrected chi connectivity index (χ2v) is 3.20. The van der Waals surface area contributed by atoms with E-state index in [1.54, 1.807) is 0 Å². The van der Waals surface area contributed by atoms with Gasteiger partial charge in [-0.05, 0) is 0 Å². The van der Waals surface area contributed by atoms with Crippen LogP contribution in [0.15, 0.2) is 30.3 Å². The van der Waals surface area contributed by atoms with Gasteiger partial charge in [-0.3, -0.25) is 0 Å². The van der Waals surface area contributed by atoms with Crippen molar-refractivity contribution in [1.29, 1.82) is 0 Å². The Bertz CT molecular complexity index is 138. The molecule has 0 bridgehead atoms. The molecule has 0 spiro atoms. The van der Waals surface area contributed by atoms with E-state index in [1.165, 1.54) is 22.5 Å². The molecule has 0 aliphatic rings. The van der Waals surface area contributed by atoms with Gasteiger partial charge >= 0.3 is 52.8 Å². The second kappa shape index (κ2) is 4.23. The zero-order valence-electron chi connectivity index (χ0n) is 4.50. The fourth-order valence-corrected chi connectivity index (χ4v) is 1.05. The summed E-state index contributed by atoms with van der Waals surface area (Å²) in [6, 6.07) is 10.5. The van der Waals surface area contributed by atoms with Crippen LogP contribution in [0.4, 0.5) is 0 Å². The van der Waals surface area contributed by atoms with Crippen LogP contribution in [-0.4, -0.2) is 0 Å². The number of halogens is 1. The molecule has 1 aromatic carbocycles. The average molecular weight is 223 g/mol. The molecule has 0 saturated carbocycles. The third-order valence-electron chi connectivity index (χ3n) is 0.843. The summed E-state index contributed by atoms with van der Waals surface area (Å²) in [7, 11) is 0. The van der Waals surface area contributed by atoms with Crippen LogP contribution in [0.2, 0.25) is 0 Å². The predicted molar refractivity (Wildman–Crippen MR) is 36.4 cm³/mol. The van der Waals surface area contributed by atoms with E-state index in [-0.39, 0.29) is 17.0 Å². The molecule has 0 fully saturated rings. The topological polar surface area (TPSA) is 0 Å². The molecule has 0 saturated heterocycles. The molecule has 1 aromatic rings. The SMILES string of the molecule is Br.[Zn][c]1ccccc1. The first-order chi connectivity index (χ1) is 3.39. The third kappa shape index (κ3) is 2.59. The Kier molecular flexibility index (Phi) is 4.40. The first-order valence-corrected chi connectivity index (χ1v) is 3.75. The van der Waals surface area contributed by atoms with Crippen LogP contribution in [0.5, 0.6) is 0 Å². The van der Waals surface area contributed by atoms with Crippen LogP contribution in [-0.2, 0) is 18.3 Å². The summed E-state index contributed by atoms with van der Waals surface area (Å²) >= 11 is 1.26. The second-order valence-electron chi connectivity index (χ2n) is 1.49. The van der Waals surface area contributed by atoms with Gasteiger partial charge in [0.2, 0.25) is 0 Å². The predicted octanol–water partition coefficient (Wildman–Crippen LogP) is 1.44. The van der Waals surface area contributed by atoms with Gasteiger partial charge in [-0.1, -0.05) is 0 Å². The molecule has 0 heterocycles. The van der Waals surface area contributed by atoms with Crippen molar-refractivity contribution in [2.24, 2.45) is 0 Å². The first kappa shape index (κ1) is 8.32.